The van der Waals surface area contributed by atoms with E-state index in [1.54, 1.807) is 12.3 Å². The van der Waals surface area contributed by atoms with Crippen molar-refractivity contribution in [3.8, 4) is 5.88 Å². The lowest BCUT2D eigenvalue weighted by Crippen LogP contribution is -2.37. The summed E-state index contributed by atoms with van der Waals surface area (Å²) in [6, 6.07) is 2.81. The van der Waals surface area contributed by atoms with E-state index in [1.807, 2.05) is 13.0 Å². The monoisotopic (exact) mass is 210 g/mol. The van der Waals surface area contributed by atoms with Crippen LogP contribution in [0.1, 0.15) is 5.56 Å². The van der Waals surface area contributed by atoms with Crippen molar-refractivity contribution in [2.45, 2.75) is 13.0 Å². The fourth-order valence-electron chi connectivity index (χ4n) is 0.934. The van der Waals surface area contributed by atoms with Crippen LogP contribution in [0.4, 0.5) is 0 Å². The number of aromatic nitrogens is 1. The van der Waals surface area contributed by atoms with Gasteiger partial charge in [-0.15, -0.1) is 0 Å². The van der Waals surface area contributed by atoms with Crippen LogP contribution in [0.3, 0.4) is 0 Å². The highest BCUT2D eigenvalue weighted by Crippen LogP contribution is 2.06. The van der Waals surface area contributed by atoms with Crippen LogP contribution in [0, 0.1) is 6.92 Å². The molecule has 1 atom stereocenters. The average Bonchev–Trinajstić information content (AvgIpc) is 2.26. The zero-order valence-corrected chi connectivity index (χ0v) is 8.77. The summed E-state index contributed by atoms with van der Waals surface area (Å²) in [7, 11) is 1.28. The Bertz CT molecular complexity index is 324. The van der Waals surface area contributed by atoms with E-state index in [-0.39, 0.29) is 6.61 Å². The molecule has 0 radical (unpaired) electrons. The second kappa shape index (κ2) is 5.31. The lowest BCUT2D eigenvalue weighted by molar-refractivity contribution is -0.142. The number of rotatable bonds is 4. The smallest absolute Gasteiger partial charge is 0.326 e. The molecule has 5 nitrogen and oxygen atoms in total. The van der Waals surface area contributed by atoms with E-state index in [0.29, 0.717) is 5.88 Å². The number of carbonyl (C=O) groups is 1. The quantitative estimate of drug-likeness (QED) is 0.722. The third-order valence-electron chi connectivity index (χ3n) is 1.80. The molecule has 0 saturated carbocycles. The van der Waals surface area contributed by atoms with Crippen LogP contribution in [0.15, 0.2) is 18.3 Å². The molecule has 0 amide bonds. The molecule has 0 aliphatic heterocycles. The molecular weight excluding hydrogens is 196 g/mol. The lowest BCUT2D eigenvalue weighted by atomic mass is 10.3. The highest BCUT2D eigenvalue weighted by Gasteiger charge is 2.14. The van der Waals surface area contributed by atoms with E-state index in [2.05, 4.69) is 9.72 Å². The van der Waals surface area contributed by atoms with Gasteiger partial charge in [0.15, 0.2) is 0 Å². The standard InChI is InChI=1S/C10H14N2O3/c1-7-3-4-9(12-5-7)15-6-8(11)10(13)14-2/h3-5,8H,6,11H2,1-2H3. The van der Waals surface area contributed by atoms with E-state index in [1.165, 1.54) is 7.11 Å². The topological polar surface area (TPSA) is 74.4 Å². The third kappa shape index (κ3) is 3.55. The first-order valence-electron chi connectivity index (χ1n) is 4.52. The maximum atomic E-state index is 10.9. The van der Waals surface area contributed by atoms with Gasteiger partial charge in [0.1, 0.15) is 12.6 Å². The minimum Gasteiger partial charge on any atom is -0.475 e. The molecule has 0 aliphatic carbocycles. The normalized spacial score (nSPS) is 11.9. The summed E-state index contributed by atoms with van der Waals surface area (Å²) in [5.74, 6) is -0.0536. The number of esters is 1. The lowest BCUT2D eigenvalue weighted by Gasteiger charge is -2.10. The molecule has 82 valence electrons. The van der Waals surface area contributed by atoms with Crippen molar-refractivity contribution in [2.75, 3.05) is 13.7 Å². The van der Waals surface area contributed by atoms with Crippen molar-refractivity contribution in [1.82, 2.24) is 4.98 Å². The zero-order valence-electron chi connectivity index (χ0n) is 8.77. The zero-order chi connectivity index (χ0) is 11.3. The number of aryl methyl sites for hydroxylation is 1. The number of nitrogens with zero attached hydrogens (tertiary/aromatic N) is 1. The van der Waals surface area contributed by atoms with Gasteiger partial charge in [0.05, 0.1) is 7.11 Å². The Hall–Kier alpha value is -1.62. The van der Waals surface area contributed by atoms with E-state index < -0.39 is 12.0 Å². The van der Waals surface area contributed by atoms with E-state index >= 15 is 0 Å². The van der Waals surface area contributed by atoms with Crippen molar-refractivity contribution >= 4 is 5.97 Å². The summed E-state index contributed by atoms with van der Waals surface area (Å²) in [6.45, 7) is 1.99. The molecule has 1 heterocycles. The van der Waals surface area contributed by atoms with Gasteiger partial charge in [-0.3, -0.25) is 4.79 Å². The van der Waals surface area contributed by atoms with Crippen LogP contribution in [0.5, 0.6) is 5.88 Å². The van der Waals surface area contributed by atoms with E-state index in [4.69, 9.17) is 10.5 Å². The summed E-state index contributed by atoms with van der Waals surface area (Å²) in [5, 5.41) is 0. The van der Waals surface area contributed by atoms with Crippen molar-refractivity contribution in [3.63, 3.8) is 0 Å². The number of ether oxygens (including phenoxy) is 2. The van der Waals surface area contributed by atoms with E-state index in [9.17, 15) is 4.79 Å². The number of carbonyl (C=O) groups excluding carboxylic acids is 1. The Morgan fingerprint density at radius 1 is 1.60 bits per heavy atom. The molecule has 0 aliphatic rings. The van der Waals surface area contributed by atoms with Gasteiger partial charge in [0, 0.05) is 12.3 Å². The number of hydrogen-bond acceptors (Lipinski definition) is 5. The van der Waals surface area contributed by atoms with Crippen molar-refractivity contribution in [1.29, 1.82) is 0 Å². The average molecular weight is 210 g/mol. The second-order valence-corrected chi connectivity index (χ2v) is 3.11. The number of nitrogens with two attached hydrogens (primary N) is 1. The van der Waals surface area contributed by atoms with Crippen LogP contribution in [0.25, 0.3) is 0 Å². The molecule has 5 heteroatoms. The van der Waals surface area contributed by atoms with E-state index in [0.717, 1.165) is 5.56 Å². The minimum absolute atomic E-state index is 0.0583. The molecule has 15 heavy (non-hydrogen) atoms. The molecule has 1 aromatic heterocycles. The van der Waals surface area contributed by atoms with Crippen LogP contribution in [-0.2, 0) is 9.53 Å². The van der Waals surface area contributed by atoms with Crippen LogP contribution in [0.2, 0.25) is 0 Å². The fourth-order valence-corrected chi connectivity index (χ4v) is 0.934. The summed E-state index contributed by atoms with van der Waals surface area (Å²) in [6.07, 6.45) is 1.68. The predicted molar refractivity (Wildman–Crippen MR) is 54.5 cm³/mol. The Morgan fingerprint density at radius 2 is 2.33 bits per heavy atom. The van der Waals surface area contributed by atoms with Gasteiger partial charge in [-0.05, 0) is 12.5 Å². The van der Waals surface area contributed by atoms with Gasteiger partial charge < -0.3 is 15.2 Å². The molecule has 0 spiro atoms. The molecule has 0 bridgehead atoms. The highest BCUT2D eigenvalue weighted by atomic mass is 16.5. The molecule has 1 rings (SSSR count). The predicted octanol–water partition coefficient (Wildman–Crippen LogP) is 0.269. The molecule has 1 aromatic rings. The Morgan fingerprint density at radius 3 is 2.87 bits per heavy atom. The largest absolute Gasteiger partial charge is 0.475 e. The van der Waals surface area contributed by atoms with Gasteiger partial charge in [0.2, 0.25) is 5.88 Å². The summed E-state index contributed by atoms with van der Waals surface area (Å²) in [4.78, 5) is 14.9. The highest BCUT2D eigenvalue weighted by molar-refractivity contribution is 5.75. The number of methoxy groups -OCH3 is 1. The molecule has 1 unspecified atom stereocenters. The van der Waals surface area contributed by atoms with Gasteiger partial charge in [-0.25, -0.2) is 4.98 Å². The minimum atomic E-state index is -0.780. The van der Waals surface area contributed by atoms with Crippen LogP contribution < -0.4 is 10.5 Å². The molecule has 0 fully saturated rings. The Labute approximate surface area is 88.2 Å². The first kappa shape index (κ1) is 11.5. The fraction of sp³-hybridized carbons (Fsp3) is 0.400. The summed E-state index contributed by atoms with van der Waals surface area (Å²) in [5.41, 5.74) is 6.52. The first-order valence-corrected chi connectivity index (χ1v) is 4.52. The number of pyridine rings is 1. The van der Waals surface area contributed by atoms with Crippen molar-refractivity contribution < 1.29 is 14.3 Å². The molecule has 2 N–H and O–H groups in total. The van der Waals surface area contributed by atoms with Gasteiger partial charge in [-0.2, -0.15) is 0 Å². The third-order valence-corrected chi connectivity index (χ3v) is 1.80. The van der Waals surface area contributed by atoms with Gasteiger partial charge in [0.25, 0.3) is 0 Å². The maximum Gasteiger partial charge on any atom is 0.326 e. The molecule has 0 saturated heterocycles. The molecule has 0 aromatic carbocycles. The van der Waals surface area contributed by atoms with Gasteiger partial charge in [-0.1, -0.05) is 6.07 Å². The van der Waals surface area contributed by atoms with Crippen molar-refractivity contribution in [2.24, 2.45) is 5.73 Å². The number of hydrogen-bond donors (Lipinski definition) is 1. The van der Waals surface area contributed by atoms with Crippen molar-refractivity contribution in [3.05, 3.63) is 23.9 Å². The Kier molecular flexibility index (Phi) is 4.05. The Balaban J connectivity index is 2.43. The first-order chi connectivity index (χ1) is 7.13. The van der Waals surface area contributed by atoms with Gasteiger partial charge >= 0.3 is 5.97 Å². The van der Waals surface area contributed by atoms with Crippen LogP contribution in [-0.4, -0.2) is 30.7 Å². The maximum absolute atomic E-state index is 10.9. The summed E-state index contributed by atoms with van der Waals surface area (Å²) < 4.78 is 9.66. The SMILES string of the molecule is COC(=O)C(N)COc1ccc(C)cn1. The summed E-state index contributed by atoms with van der Waals surface area (Å²) >= 11 is 0. The van der Waals surface area contributed by atoms with Crippen LogP contribution >= 0.6 is 0 Å². The second-order valence-electron chi connectivity index (χ2n) is 3.11. The molecular formula is C10H14N2O3.